The van der Waals surface area contributed by atoms with Crippen LogP contribution in [-0.2, 0) is 11.2 Å². The maximum atomic E-state index is 12.3. The van der Waals surface area contributed by atoms with E-state index in [1.54, 1.807) is 30.5 Å². The lowest BCUT2D eigenvalue weighted by molar-refractivity contribution is -0.117. The van der Waals surface area contributed by atoms with Crippen LogP contribution in [0.25, 0.3) is 5.69 Å². The van der Waals surface area contributed by atoms with Crippen LogP contribution in [0.4, 0.5) is 5.69 Å². The lowest BCUT2D eigenvalue weighted by Crippen LogP contribution is -2.25. The Labute approximate surface area is 163 Å². The molecule has 0 aliphatic heterocycles. The summed E-state index contributed by atoms with van der Waals surface area (Å²) in [4.78, 5) is 24.0. The highest BCUT2D eigenvalue weighted by atomic mass is 16.2. The number of amides is 2. The van der Waals surface area contributed by atoms with Crippen LogP contribution in [0, 0.1) is 5.92 Å². The van der Waals surface area contributed by atoms with Crippen molar-refractivity contribution in [3.8, 4) is 5.69 Å². The molecule has 142 valence electrons. The molecule has 2 amide bonds. The molecule has 0 bridgehead atoms. The minimum Gasteiger partial charge on any atom is -0.352 e. The van der Waals surface area contributed by atoms with Crippen LogP contribution >= 0.6 is 0 Å². The average Bonchev–Trinajstić information content (AvgIpc) is 3.44. The third-order valence-electron chi connectivity index (χ3n) is 4.77. The van der Waals surface area contributed by atoms with Crippen molar-refractivity contribution in [3.63, 3.8) is 0 Å². The highest BCUT2D eigenvalue weighted by molar-refractivity contribution is 5.96. The Bertz CT molecular complexity index is 943. The Hall–Kier alpha value is -3.41. The second kappa shape index (κ2) is 8.08. The summed E-state index contributed by atoms with van der Waals surface area (Å²) < 4.78 is 1.81. The molecule has 3 aromatic rings. The third-order valence-corrected chi connectivity index (χ3v) is 4.77. The predicted octanol–water partition coefficient (Wildman–Crippen LogP) is 3.19. The standard InChI is InChI=1S/C22H22N4O2/c27-21(17-6-8-19(9-7-17)25-22(28)18-4-5-18)23-14-12-16-2-10-20(11-3-16)26-15-1-13-24-26/h1-3,6-11,13,15,18H,4-5,12,14H2,(H,23,27)(H,25,28). The van der Waals surface area contributed by atoms with E-state index in [1.165, 1.54) is 0 Å². The summed E-state index contributed by atoms with van der Waals surface area (Å²) >= 11 is 0. The van der Waals surface area contributed by atoms with Crippen LogP contribution in [0.15, 0.2) is 67.0 Å². The Morgan fingerprint density at radius 1 is 1.04 bits per heavy atom. The third kappa shape index (κ3) is 4.46. The zero-order valence-electron chi connectivity index (χ0n) is 15.5. The molecule has 1 heterocycles. The first-order valence-corrected chi connectivity index (χ1v) is 9.47. The number of hydrogen-bond donors (Lipinski definition) is 2. The Morgan fingerprint density at radius 3 is 2.43 bits per heavy atom. The molecule has 0 unspecified atom stereocenters. The van der Waals surface area contributed by atoms with Crippen molar-refractivity contribution in [3.05, 3.63) is 78.1 Å². The molecule has 6 nitrogen and oxygen atoms in total. The largest absolute Gasteiger partial charge is 0.352 e. The van der Waals surface area contributed by atoms with Gasteiger partial charge >= 0.3 is 0 Å². The van der Waals surface area contributed by atoms with Crippen molar-refractivity contribution in [2.75, 3.05) is 11.9 Å². The van der Waals surface area contributed by atoms with Gasteiger partial charge in [-0.25, -0.2) is 4.68 Å². The summed E-state index contributed by atoms with van der Waals surface area (Å²) in [5.41, 5.74) is 3.46. The summed E-state index contributed by atoms with van der Waals surface area (Å²) in [6.45, 7) is 0.556. The molecule has 1 fully saturated rings. The van der Waals surface area contributed by atoms with Crippen LogP contribution in [-0.4, -0.2) is 28.1 Å². The lowest BCUT2D eigenvalue weighted by atomic mass is 10.1. The van der Waals surface area contributed by atoms with Crippen LogP contribution in [0.3, 0.4) is 0 Å². The molecule has 0 atom stereocenters. The second-order valence-electron chi connectivity index (χ2n) is 6.96. The van der Waals surface area contributed by atoms with Crippen LogP contribution in [0.1, 0.15) is 28.8 Å². The summed E-state index contributed by atoms with van der Waals surface area (Å²) in [7, 11) is 0. The Balaban J connectivity index is 1.25. The van der Waals surface area contributed by atoms with Gasteiger partial charge in [0.1, 0.15) is 0 Å². The van der Waals surface area contributed by atoms with Gasteiger partial charge in [-0.3, -0.25) is 9.59 Å². The SMILES string of the molecule is O=C(NCCc1ccc(-n2cccn2)cc1)c1ccc(NC(=O)C2CC2)cc1. The van der Waals surface area contributed by atoms with Crippen molar-refractivity contribution in [2.45, 2.75) is 19.3 Å². The predicted molar refractivity (Wildman–Crippen MR) is 107 cm³/mol. The Kier molecular flexibility index (Phi) is 5.19. The minimum absolute atomic E-state index is 0.0655. The van der Waals surface area contributed by atoms with Crippen LogP contribution in [0.2, 0.25) is 0 Å². The van der Waals surface area contributed by atoms with E-state index < -0.39 is 0 Å². The smallest absolute Gasteiger partial charge is 0.251 e. The van der Waals surface area contributed by atoms with E-state index in [2.05, 4.69) is 15.7 Å². The molecule has 6 heteroatoms. The molecule has 1 aliphatic rings. The van der Waals surface area contributed by atoms with Gasteiger partial charge in [0.25, 0.3) is 5.91 Å². The van der Waals surface area contributed by atoms with Gasteiger partial charge in [0.15, 0.2) is 0 Å². The van der Waals surface area contributed by atoms with Crippen molar-refractivity contribution < 1.29 is 9.59 Å². The maximum Gasteiger partial charge on any atom is 0.251 e. The zero-order valence-corrected chi connectivity index (χ0v) is 15.5. The van der Waals surface area contributed by atoms with E-state index in [9.17, 15) is 9.59 Å². The summed E-state index contributed by atoms with van der Waals surface area (Å²) in [6, 6.07) is 17.0. The highest BCUT2D eigenvalue weighted by Gasteiger charge is 2.29. The number of anilines is 1. The fourth-order valence-electron chi connectivity index (χ4n) is 2.95. The van der Waals surface area contributed by atoms with Gasteiger partial charge in [-0.05, 0) is 67.3 Å². The normalized spacial score (nSPS) is 13.1. The number of hydrogen-bond acceptors (Lipinski definition) is 3. The maximum absolute atomic E-state index is 12.3. The lowest BCUT2D eigenvalue weighted by Gasteiger charge is -2.08. The number of aromatic nitrogens is 2. The van der Waals surface area contributed by atoms with E-state index in [0.29, 0.717) is 12.1 Å². The molecular weight excluding hydrogens is 352 g/mol. The first-order valence-electron chi connectivity index (χ1n) is 9.47. The highest BCUT2D eigenvalue weighted by Crippen LogP contribution is 2.30. The topological polar surface area (TPSA) is 76.0 Å². The molecule has 28 heavy (non-hydrogen) atoms. The molecule has 2 N–H and O–H groups in total. The number of nitrogens with zero attached hydrogens (tertiary/aromatic N) is 2. The molecule has 1 aliphatic carbocycles. The number of rotatable bonds is 7. The molecule has 0 spiro atoms. The number of carbonyl (C=O) groups is 2. The van der Waals surface area contributed by atoms with Gasteiger partial charge < -0.3 is 10.6 Å². The van der Waals surface area contributed by atoms with E-state index in [1.807, 2.05) is 41.2 Å². The van der Waals surface area contributed by atoms with Gasteiger partial charge in [-0.2, -0.15) is 5.10 Å². The summed E-state index contributed by atoms with van der Waals surface area (Å²) in [5, 5.41) is 10.0. The molecule has 1 aromatic heterocycles. The van der Waals surface area contributed by atoms with Gasteiger partial charge in [0.2, 0.25) is 5.91 Å². The first kappa shape index (κ1) is 18.0. The molecule has 0 radical (unpaired) electrons. The van der Waals surface area contributed by atoms with E-state index in [4.69, 9.17) is 0 Å². The second-order valence-corrected chi connectivity index (χ2v) is 6.96. The van der Waals surface area contributed by atoms with Gasteiger partial charge in [0, 0.05) is 36.1 Å². The van der Waals surface area contributed by atoms with Crippen molar-refractivity contribution in [1.82, 2.24) is 15.1 Å². The molecular formula is C22H22N4O2. The van der Waals surface area contributed by atoms with Crippen molar-refractivity contribution in [2.24, 2.45) is 5.92 Å². The average molecular weight is 374 g/mol. The minimum atomic E-state index is -0.117. The van der Waals surface area contributed by atoms with Crippen LogP contribution in [0.5, 0.6) is 0 Å². The van der Waals surface area contributed by atoms with E-state index in [-0.39, 0.29) is 17.7 Å². The molecule has 2 aromatic carbocycles. The molecule has 0 saturated heterocycles. The zero-order chi connectivity index (χ0) is 19.3. The quantitative estimate of drug-likeness (QED) is 0.667. The molecule has 1 saturated carbocycles. The van der Waals surface area contributed by atoms with E-state index >= 15 is 0 Å². The Morgan fingerprint density at radius 2 is 1.79 bits per heavy atom. The van der Waals surface area contributed by atoms with Crippen molar-refractivity contribution >= 4 is 17.5 Å². The number of benzene rings is 2. The summed E-state index contributed by atoms with van der Waals surface area (Å²) in [6.07, 6.45) is 6.34. The fourth-order valence-corrected chi connectivity index (χ4v) is 2.95. The van der Waals surface area contributed by atoms with E-state index in [0.717, 1.165) is 36.2 Å². The molecule has 4 rings (SSSR count). The van der Waals surface area contributed by atoms with Gasteiger partial charge in [0.05, 0.1) is 5.69 Å². The van der Waals surface area contributed by atoms with Gasteiger partial charge in [-0.1, -0.05) is 12.1 Å². The first-order chi connectivity index (χ1) is 13.7. The summed E-state index contributed by atoms with van der Waals surface area (Å²) in [5.74, 6) is 0.112. The fraction of sp³-hybridized carbons (Fsp3) is 0.227. The van der Waals surface area contributed by atoms with Gasteiger partial charge in [-0.15, -0.1) is 0 Å². The van der Waals surface area contributed by atoms with Crippen molar-refractivity contribution in [1.29, 1.82) is 0 Å². The monoisotopic (exact) mass is 374 g/mol. The number of carbonyl (C=O) groups excluding carboxylic acids is 2. The number of nitrogens with one attached hydrogen (secondary N) is 2. The van der Waals surface area contributed by atoms with Crippen LogP contribution < -0.4 is 10.6 Å².